The summed E-state index contributed by atoms with van der Waals surface area (Å²) in [5, 5.41) is 5.94. The number of nitrogens with one attached hydrogen (secondary N) is 2. The van der Waals surface area contributed by atoms with Crippen LogP contribution < -0.4 is 19.7 Å². The van der Waals surface area contributed by atoms with Crippen molar-refractivity contribution in [1.82, 2.24) is 5.32 Å². The first-order valence-corrected chi connectivity index (χ1v) is 13.4. The number of carbonyl (C=O) groups excluding carboxylic acids is 2. The molecule has 0 atom stereocenters. The van der Waals surface area contributed by atoms with Crippen molar-refractivity contribution in [1.29, 1.82) is 0 Å². The van der Waals surface area contributed by atoms with Gasteiger partial charge in [0.1, 0.15) is 12.3 Å². The molecule has 0 aliphatic rings. The zero-order chi connectivity index (χ0) is 27.2. The molecule has 0 aliphatic carbocycles. The van der Waals surface area contributed by atoms with Crippen LogP contribution in [0.2, 0.25) is 5.02 Å². The SMILES string of the molecule is CCOc1ccc(N(CC(=O)Nc2ccccc2C(=O)NC(C)(C)C)S(=O)(=O)c2ccc(Cl)cc2)cc1. The third-order valence-corrected chi connectivity index (χ3v) is 7.10. The quantitative estimate of drug-likeness (QED) is 0.390. The summed E-state index contributed by atoms with van der Waals surface area (Å²) in [6, 6.07) is 18.6. The average molecular weight is 544 g/mol. The van der Waals surface area contributed by atoms with E-state index in [9.17, 15) is 18.0 Å². The molecule has 0 spiro atoms. The Morgan fingerprint density at radius 2 is 1.57 bits per heavy atom. The van der Waals surface area contributed by atoms with E-state index in [1.807, 2.05) is 27.7 Å². The zero-order valence-electron chi connectivity index (χ0n) is 21.1. The van der Waals surface area contributed by atoms with Crippen molar-refractivity contribution in [3.8, 4) is 5.75 Å². The van der Waals surface area contributed by atoms with Gasteiger partial charge in [0, 0.05) is 10.6 Å². The molecular weight excluding hydrogens is 514 g/mol. The van der Waals surface area contributed by atoms with Gasteiger partial charge >= 0.3 is 0 Å². The van der Waals surface area contributed by atoms with Gasteiger partial charge < -0.3 is 15.4 Å². The van der Waals surface area contributed by atoms with Crippen molar-refractivity contribution in [2.24, 2.45) is 0 Å². The van der Waals surface area contributed by atoms with E-state index >= 15 is 0 Å². The average Bonchev–Trinajstić information content (AvgIpc) is 2.83. The van der Waals surface area contributed by atoms with Crippen LogP contribution in [-0.4, -0.2) is 38.9 Å². The van der Waals surface area contributed by atoms with Gasteiger partial charge in [-0.15, -0.1) is 0 Å². The van der Waals surface area contributed by atoms with Crippen LogP contribution in [0.25, 0.3) is 0 Å². The lowest BCUT2D eigenvalue weighted by atomic mass is 10.1. The minimum Gasteiger partial charge on any atom is -0.494 e. The lowest BCUT2D eigenvalue weighted by Gasteiger charge is -2.25. The Morgan fingerprint density at radius 1 is 0.946 bits per heavy atom. The van der Waals surface area contributed by atoms with Crippen molar-refractivity contribution in [3.63, 3.8) is 0 Å². The summed E-state index contributed by atoms with van der Waals surface area (Å²) in [6.07, 6.45) is 0. The summed E-state index contributed by atoms with van der Waals surface area (Å²) in [7, 11) is -4.14. The Balaban J connectivity index is 1.93. The molecule has 2 amide bonds. The van der Waals surface area contributed by atoms with E-state index in [0.29, 0.717) is 17.4 Å². The molecular formula is C27H30ClN3O5S. The number of sulfonamides is 1. The van der Waals surface area contributed by atoms with Crippen LogP contribution >= 0.6 is 11.6 Å². The maximum absolute atomic E-state index is 13.6. The highest BCUT2D eigenvalue weighted by atomic mass is 35.5. The topological polar surface area (TPSA) is 105 Å². The molecule has 3 aromatic rings. The number of hydrogen-bond donors (Lipinski definition) is 2. The van der Waals surface area contributed by atoms with Gasteiger partial charge in [-0.1, -0.05) is 23.7 Å². The molecule has 0 bridgehead atoms. The van der Waals surface area contributed by atoms with E-state index < -0.39 is 28.0 Å². The van der Waals surface area contributed by atoms with Gasteiger partial charge in [0.25, 0.3) is 15.9 Å². The fraction of sp³-hybridized carbons (Fsp3) is 0.259. The van der Waals surface area contributed by atoms with Crippen LogP contribution in [0.3, 0.4) is 0 Å². The summed E-state index contributed by atoms with van der Waals surface area (Å²) >= 11 is 5.94. The molecule has 0 saturated carbocycles. The minimum absolute atomic E-state index is 0.0245. The molecule has 0 unspecified atom stereocenters. The number of rotatable bonds is 9. The molecule has 0 aliphatic heterocycles. The Hall–Kier alpha value is -3.56. The van der Waals surface area contributed by atoms with Crippen LogP contribution in [0.4, 0.5) is 11.4 Å². The Morgan fingerprint density at radius 3 is 2.16 bits per heavy atom. The maximum atomic E-state index is 13.6. The van der Waals surface area contributed by atoms with Crippen molar-refractivity contribution >= 4 is 44.8 Å². The minimum atomic E-state index is -4.14. The number of amides is 2. The van der Waals surface area contributed by atoms with E-state index in [4.69, 9.17) is 16.3 Å². The van der Waals surface area contributed by atoms with Crippen LogP contribution in [0, 0.1) is 0 Å². The number of benzene rings is 3. The number of ether oxygens (including phenoxy) is 1. The lowest BCUT2D eigenvalue weighted by Crippen LogP contribution is -2.41. The predicted molar refractivity (Wildman–Crippen MR) is 146 cm³/mol. The molecule has 3 aromatic carbocycles. The number of halogens is 1. The van der Waals surface area contributed by atoms with Gasteiger partial charge in [0.05, 0.1) is 28.4 Å². The first-order valence-electron chi connectivity index (χ1n) is 11.6. The number of carbonyl (C=O) groups is 2. The second-order valence-corrected chi connectivity index (χ2v) is 11.5. The summed E-state index contributed by atoms with van der Waals surface area (Å²) in [4.78, 5) is 25.9. The van der Waals surface area contributed by atoms with Crippen molar-refractivity contribution < 1.29 is 22.7 Å². The van der Waals surface area contributed by atoms with E-state index in [2.05, 4.69) is 10.6 Å². The van der Waals surface area contributed by atoms with E-state index in [0.717, 1.165) is 4.31 Å². The largest absolute Gasteiger partial charge is 0.494 e. The standard InChI is InChI=1S/C27H30ClN3O5S/c1-5-36-21-14-12-20(13-15-21)31(37(34,35)22-16-10-19(28)11-17-22)18-25(32)29-24-9-7-6-8-23(24)26(33)30-27(2,3)4/h6-17H,5,18H2,1-4H3,(H,29,32)(H,30,33). The number of hydrogen-bond acceptors (Lipinski definition) is 5. The second kappa shape index (κ2) is 11.7. The molecule has 0 heterocycles. The van der Waals surface area contributed by atoms with Crippen LogP contribution in [-0.2, 0) is 14.8 Å². The van der Waals surface area contributed by atoms with E-state index in [-0.39, 0.29) is 27.7 Å². The molecule has 8 nitrogen and oxygen atoms in total. The van der Waals surface area contributed by atoms with Gasteiger partial charge in [-0.3, -0.25) is 13.9 Å². The molecule has 0 aromatic heterocycles. The number of para-hydroxylation sites is 1. The fourth-order valence-corrected chi connectivity index (χ4v) is 4.99. The molecule has 3 rings (SSSR count). The van der Waals surface area contributed by atoms with Gasteiger partial charge in [-0.25, -0.2) is 8.42 Å². The van der Waals surface area contributed by atoms with E-state index in [1.54, 1.807) is 48.5 Å². The molecule has 10 heteroatoms. The summed E-state index contributed by atoms with van der Waals surface area (Å²) < 4.78 is 33.6. The van der Waals surface area contributed by atoms with Crippen molar-refractivity contribution in [3.05, 3.63) is 83.4 Å². The Kier molecular flexibility index (Phi) is 8.83. The highest BCUT2D eigenvalue weighted by Gasteiger charge is 2.28. The third-order valence-electron chi connectivity index (χ3n) is 5.06. The zero-order valence-corrected chi connectivity index (χ0v) is 22.7. The monoisotopic (exact) mass is 543 g/mol. The van der Waals surface area contributed by atoms with Crippen LogP contribution in [0.5, 0.6) is 5.75 Å². The molecule has 0 radical (unpaired) electrons. The van der Waals surface area contributed by atoms with Gasteiger partial charge in [0.15, 0.2) is 0 Å². The molecule has 196 valence electrons. The second-order valence-electron chi connectivity index (χ2n) is 9.19. The predicted octanol–water partition coefficient (Wildman–Crippen LogP) is 5.10. The first-order chi connectivity index (χ1) is 17.4. The maximum Gasteiger partial charge on any atom is 0.264 e. The summed E-state index contributed by atoms with van der Waals surface area (Å²) in [6.45, 7) is 7.31. The molecule has 0 saturated heterocycles. The van der Waals surface area contributed by atoms with E-state index in [1.165, 1.54) is 24.3 Å². The Labute approximate surface area is 222 Å². The van der Waals surface area contributed by atoms with Crippen molar-refractivity contribution in [2.45, 2.75) is 38.1 Å². The van der Waals surface area contributed by atoms with Crippen LogP contribution in [0.1, 0.15) is 38.1 Å². The normalized spacial score (nSPS) is 11.5. The van der Waals surface area contributed by atoms with Gasteiger partial charge in [-0.2, -0.15) is 0 Å². The number of nitrogens with zero attached hydrogens (tertiary/aromatic N) is 1. The molecule has 37 heavy (non-hydrogen) atoms. The third kappa shape index (κ3) is 7.47. The summed E-state index contributed by atoms with van der Waals surface area (Å²) in [5.41, 5.74) is 0.321. The molecule has 2 N–H and O–H groups in total. The van der Waals surface area contributed by atoms with Crippen molar-refractivity contribution in [2.75, 3.05) is 22.8 Å². The van der Waals surface area contributed by atoms with Gasteiger partial charge in [-0.05, 0) is 88.4 Å². The first kappa shape index (κ1) is 28.0. The highest BCUT2D eigenvalue weighted by molar-refractivity contribution is 7.92. The summed E-state index contributed by atoms with van der Waals surface area (Å²) in [5.74, 6) is -0.415. The fourth-order valence-electron chi connectivity index (χ4n) is 3.44. The number of anilines is 2. The van der Waals surface area contributed by atoms with Crippen LogP contribution in [0.15, 0.2) is 77.7 Å². The Bertz CT molecular complexity index is 1350. The molecule has 0 fully saturated rings. The smallest absolute Gasteiger partial charge is 0.264 e. The van der Waals surface area contributed by atoms with Gasteiger partial charge in [0.2, 0.25) is 5.91 Å². The highest BCUT2D eigenvalue weighted by Crippen LogP contribution is 2.27. The lowest BCUT2D eigenvalue weighted by molar-refractivity contribution is -0.114.